The third kappa shape index (κ3) is 7.48. The fourth-order valence-corrected chi connectivity index (χ4v) is 7.21. The number of benzene rings is 3. The summed E-state index contributed by atoms with van der Waals surface area (Å²) in [4.78, 5) is 28.2. The van der Waals surface area contributed by atoms with E-state index in [1.165, 1.54) is 80.0 Å². The Morgan fingerprint density at radius 2 is 1.47 bits per heavy atom. The molecule has 1 N–H and O–H groups in total. The van der Waals surface area contributed by atoms with Gasteiger partial charge in [-0.3, -0.25) is 9.52 Å². The van der Waals surface area contributed by atoms with Gasteiger partial charge in [-0.1, -0.05) is 6.07 Å². The van der Waals surface area contributed by atoms with Gasteiger partial charge in [0.25, 0.3) is 10.0 Å². The quantitative estimate of drug-likeness (QED) is 0.0933. The number of halogens is 9. The molecule has 0 saturated carbocycles. The Hall–Kier alpha value is -6.05. The van der Waals surface area contributed by atoms with Gasteiger partial charge in [-0.25, -0.2) is 44.5 Å². The number of ketones is 1. The molecular weight excluding hydrogens is 797 g/mol. The summed E-state index contributed by atoms with van der Waals surface area (Å²) >= 11 is 0. The first kappa shape index (κ1) is 40.6. The molecule has 3 aromatic carbocycles. The predicted molar refractivity (Wildman–Crippen MR) is 187 cm³/mol. The number of hydrogen-bond acceptors (Lipinski definition) is 6. The first-order chi connectivity index (χ1) is 26.4. The first-order valence-corrected chi connectivity index (χ1v) is 17.9. The summed E-state index contributed by atoms with van der Waals surface area (Å²) in [5.41, 5.74) is -5.83. The molecule has 0 aliphatic heterocycles. The lowest BCUT2D eigenvalue weighted by molar-refractivity contribution is -0.137. The fraction of sp³-hybridized carbons (Fsp3) is 0.216. The van der Waals surface area contributed by atoms with Crippen molar-refractivity contribution in [2.75, 3.05) is 11.8 Å². The van der Waals surface area contributed by atoms with Gasteiger partial charge in [-0.2, -0.15) is 13.2 Å². The molecule has 3 aromatic heterocycles. The summed E-state index contributed by atoms with van der Waals surface area (Å²) in [5.74, 6) is -14.1. The molecule has 0 aliphatic rings. The predicted octanol–water partition coefficient (Wildman–Crippen LogP) is 8.75. The molecule has 10 nitrogen and oxygen atoms in total. The molecule has 20 heteroatoms. The molecule has 0 bridgehead atoms. The Kier molecular flexibility index (Phi) is 10.1. The highest BCUT2D eigenvalue weighted by atomic mass is 32.2. The molecule has 0 atom stereocenters. The SMILES string of the molecule is CN(Cc1c(F)c(F)c(S(=O)(=O)Nc2c(F)cc(C(=O)c3ccc4c(-c5cc6ncn(C)c6cc5C(F)(F)F)cccn34)cc2F)c(F)c1F)C(=O)OC(C)(C)C. The number of nitrogens with one attached hydrogen (secondary N) is 1. The Morgan fingerprint density at radius 3 is 2.05 bits per heavy atom. The molecule has 0 saturated heterocycles. The number of carbonyl (C=O) groups excluding carboxylic acids is 2. The molecule has 3 heterocycles. The zero-order valence-electron chi connectivity index (χ0n) is 30.1. The largest absolute Gasteiger partial charge is 0.444 e. The molecule has 1 amide bonds. The molecular formula is C37H28F9N5O5S. The number of sulfonamides is 1. The maximum atomic E-state index is 15.4. The van der Waals surface area contributed by atoms with Crippen molar-refractivity contribution in [3.8, 4) is 11.1 Å². The number of carbonyl (C=O) groups is 2. The molecule has 6 rings (SSSR count). The summed E-state index contributed by atoms with van der Waals surface area (Å²) in [7, 11) is -3.36. The van der Waals surface area contributed by atoms with Crippen LogP contribution in [0.15, 0.2) is 66.0 Å². The van der Waals surface area contributed by atoms with Gasteiger partial charge in [-0.05, 0) is 68.8 Å². The second kappa shape index (κ2) is 14.2. The van der Waals surface area contributed by atoms with Crippen LogP contribution in [0.3, 0.4) is 0 Å². The van der Waals surface area contributed by atoms with Gasteiger partial charge in [0.15, 0.2) is 39.8 Å². The minimum atomic E-state index is -5.85. The number of fused-ring (bicyclic) bond motifs is 2. The molecule has 6 aromatic rings. The number of imidazole rings is 1. The number of hydrogen-bond donors (Lipinski definition) is 1. The van der Waals surface area contributed by atoms with E-state index in [0.29, 0.717) is 17.0 Å². The van der Waals surface area contributed by atoms with Crippen LogP contribution in [0.4, 0.5) is 50.0 Å². The number of nitrogens with zero attached hydrogens (tertiary/aromatic N) is 4. The number of alkyl halides is 3. The van der Waals surface area contributed by atoms with Crippen molar-refractivity contribution in [3.63, 3.8) is 0 Å². The number of ether oxygens (including phenoxy) is 1. The number of pyridine rings is 1. The minimum Gasteiger partial charge on any atom is -0.444 e. The Balaban J connectivity index is 1.32. The fourth-order valence-electron chi connectivity index (χ4n) is 5.99. The van der Waals surface area contributed by atoms with E-state index < -0.39 is 102 Å². The lowest BCUT2D eigenvalue weighted by atomic mass is 9.98. The maximum absolute atomic E-state index is 15.4. The summed E-state index contributed by atoms with van der Waals surface area (Å²) < 4.78 is 169. The van der Waals surface area contributed by atoms with Crippen molar-refractivity contribution in [1.82, 2.24) is 18.9 Å². The first-order valence-electron chi connectivity index (χ1n) is 16.4. The van der Waals surface area contributed by atoms with Gasteiger partial charge < -0.3 is 18.6 Å². The van der Waals surface area contributed by atoms with Gasteiger partial charge in [0.2, 0.25) is 5.78 Å². The number of amides is 1. The van der Waals surface area contributed by atoms with Gasteiger partial charge >= 0.3 is 12.3 Å². The van der Waals surface area contributed by atoms with E-state index in [-0.39, 0.29) is 33.4 Å². The molecule has 300 valence electrons. The molecule has 0 fully saturated rings. The number of aromatic nitrogens is 3. The minimum absolute atomic E-state index is 0.0222. The topological polar surface area (TPSA) is 115 Å². The average molecular weight is 826 g/mol. The number of anilines is 1. The van der Waals surface area contributed by atoms with Crippen LogP contribution in [0.2, 0.25) is 0 Å². The van der Waals surface area contributed by atoms with E-state index in [2.05, 4.69) is 4.98 Å². The monoisotopic (exact) mass is 825 g/mol. The summed E-state index contributed by atoms with van der Waals surface area (Å²) in [5, 5.41) is 0. The highest BCUT2D eigenvalue weighted by Crippen LogP contribution is 2.41. The lowest BCUT2D eigenvalue weighted by Crippen LogP contribution is -2.34. The van der Waals surface area contributed by atoms with Gasteiger partial charge in [0, 0.05) is 37.0 Å². The summed E-state index contributed by atoms with van der Waals surface area (Å²) in [6.07, 6.45) is -3.33. The van der Waals surface area contributed by atoms with E-state index in [0.717, 1.165) is 17.5 Å². The zero-order chi connectivity index (χ0) is 42.1. The van der Waals surface area contributed by atoms with Crippen LogP contribution >= 0.6 is 0 Å². The van der Waals surface area contributed by atoms with Crippen molar-refractivity contribution < 1.29 is 62.3 Å². The molecule has 0 spiro atoms. The van der Waals surface area contributed by atoms with Crippen LogP contribution in [-0.4, -0.2) is 51.8 Å². The van der Waals surface area contributed by atoms with Crippen LogP contribution in [0.1, 0.15) is 48.0 Å². The number of aryl methyl sites for hydroxylation is 1. The zero-order valence-corrected chi connectivity index (χ0v) is 30.9. The van der Waals surface area contributed by atoms with Crippen LogP contribution < -0.4 is 4.72 Å². The van der Waals surface area contributed by atoms with Crippen molar-refractivity contribution in [2.45, 2.75) is 44.0 Å². The standard InChI is InChI=1S/C37H28F9N5O5S/c1-36(2,3)56-35(53)49(4)15-20-28(40)30(42)34(31(43)29(20)41)57(54,55)48-32-22(38)11-17(12-23(32)39)33(52)26-9-8-25-18(7-6-10-51(25)26)19-13-24-27(50(5)16-47-24)14-21(19)37(44,45)46/h6-14,16,48H,15H2,1-5H3. The van der Waals surface area contributed by atoms with Gasteiger partial charge in [0.1, 0.15) is 11.3 Å². The lowest BCUT2D eigenvalue weighted by Gasteiger charge is -2.25. The molecule has 0 radical (unpaired) electrons. The van der Waals surface area contributed by atoms with Crippen molar-refractivity contribution in [2.24, 2.45) is 7.05 Å². The highest BCUT2D eigenvalue weighted by Gasteiger charge is 2.37. The smallest absolute Gasteiger partial charge is 0.417 e. The van der Waals surface area contributed by atoms with Crippen LogP contribution in [0.25, 0.3) is 27.7 Å². The van der Waals surface area contributed by atoms with E-state index in [1.54, 1.807) is 0 Å². The molecule has 0 aliphatic carbocycles. The number of rotatable bonds is 8. The summed E-state index contributed by atoms with van der Waals surface area (Å²) in [6, 6.07) is 8.02. The van der Waals surface area contributed by atoms with Gasteiger partial charge in [0.05, 0.1) is 40.7 Å². The third-order valence-corrected chi connectivity index (χ3v) is 9.98. The van der Waals surface area contributed by atoms with Crippen molar-refractivity contribution in [1.29, 1.82) is 0 Å². The summed E-state index contributed by atoms with van der Waals surface area (Å²) in [6.45, 7) is 3.28. The Bertz CT molecular complexity index is 2700. The van der Waals surface area contributed by atoms with Gasteiger partial charge in [-0.15, -0.1) is 0 Å². The average Bonchev–Trinajstić information content (AvgIpc) is 3.71. The molecule has 57 heavy (non-hydrogen) atoms. The Labute approximate surface area is 317 Å². The van der Waals surface area contributed by atoms with E-state index in [1.807, 2.05) is 0 Å². The van der Waals surface area contributed by atoms with E-state index in [4.69, 9.17) is 4.74 Å². The Morgan fingerprint density at radius 1 is 0.860 bits per heavy atom. The van der Waals surface area contributed by atoms with Crippen LogP contribution in [0.5, 0.6) is 0 Å². The van der Waals surface area contributed by atoms with Crippen LogP contribution in [-0.2, 0) is 34.5 Å². The molecule has 0 unspecified atom stereocenters. The van der Waals surface area contributed by atoms with Crippen molar-refractivity contribution >= 4 is 44.1 Å². The maximum Gasteiger partial charge on any atom is 0.417 e. The van der Waals surface area contributed by atoms with Crippen molar-refractivity contribution in [3.05, 3.63) is 118 Å². The van der Waals surface area contributed by atoms with E-state index in [9.17, 15) is 31.2 Å². The second-order valence-electron chi connectivity index (χ2n) is 13.8. The highest BCUT2D eigenvalue weighted by molar-refractivity contribution is 7.92. The third-order valence-electron chi connectivity index (χ3n) is 8.61. The normalized spacial score (nSPS) is 12.4. The van der Waals surface area contributed by atoms with E-state index >= 15 is 26.3 Å². The van der Waals surface area contributed by atoms with Crippen LogP contribution in [0, 0.1) is 34.9 Å². The second-order valence-corrected chi connectivity index (χ2v) is 15.4.